The van der Waals surface area contributed by atoms with Crippen LogP contribution in [0.5, 0.6) is 11.5 Å². The van der Waals surface area contributed by atoms with Gasteiger partial charge in [0.1, 0.15) is 17.6 Å². The molecule has 1 aliphatic rings. The summed E-state index contributed by atoms with van der Waals surface area (Å²) < 4.78 is 46.0. The number of nitriles is 1. The van der Waals surface area contributed by atoms with E-state index in [-0.39, 0.29) is 5.75 Å². The fourth-order valence-corrected chi connectivity index (χ4v) is 2.58. The summed E-state index contributed by atoms with van der Waals surface area (Å²) in [7, 11) is 0. The minimum atomic E-state index is -4.73. The van der Waals surface area contributed by atoms with Crippen molar-refractivity contribution in [2.45, 2.75) is 12.8 Å². The lowest BCUT2D eigenvalue weighted by molar-refractivity contribution is -0.274. The Balaban J connectivity index is 2.02. The first-order chi connectivity index (χ1) is 10.9. The molecule has 0 amide bonds. The average Bonchev–Trinajstić information content (AvgIpc) is 2.95. The molecule has 0 atom stereocenters. The van der Waals surface area contributed by atoms with E-state index < -0.39 is 6.36 Å². The number of halogens is 3. The molecular weight excluding hydrogens is 309 g/mol. The number of hydrogen-bond acceptors (Lipinski definition) is 4. The monoisotopic (exact) mass is 320 g/mol. The van der Waals surface area contributed by atoms with Crippen LogP contribution in [0.3, 0.4) is 0 Å². The van der Waals surface area contributed by atoms with E-state index >= 15 is 0 Å². The van der Waals surface area contributed by atoms with Crippen LogP contribution in [0.4, 0.5) is 18.9 Å². The Morgan fingerprint density at radius 3 is 2.52 bits per heavy atom. The summed E-state index contributed by atoms with van der Waals surface area (Å²) in [6.45, 7) is 0.440. The lowest BCUT2D eigenvalue weighted by Crippen LogP contribution is -2.16. The number of anilines is 1. The first kappa shape index (κ1) is 15.0. The normalized spacial score (nSPS) is 13.1. The van der Waals surface area contributed by atoms with Crippen LogP contribution in [0.2, 0.25) is 0 Å². The van der Waals surface area contributed by atoms with Crippen LogP contribution < -0.4 is 15.2 Å². The summed E-state index contributed by atoms with van der Waals surface area (Å²) in [6, 6.07) is 9.08. The zero-order chi connectivity index (χ0) is 16.6. The van der Waals surface area contributed by atoms with E-state index in [2.05, 4.69) is 10.8 Å². The Labute approximate surface area is 129 Å². The van der Waals surface area contributed by atoms with Gasteiger partial charge in [0.15, 0.2) is 0 Å². The Morgan fingerprint density at radius 2 is 1.91 bits per heavy atom. The first-order valence-corrected chi connectivity index (χ1v) is 6.73. The summed E-state index contributed by atoms with van der Waals surface area (Å²) in [5.41, 5.74) is 8.63. The number of nitrogens with zero attached hydrogens (tertiary/aromatic N) is 1. The fourth-order valence-electron chi connectivity index (χ4n) is 2.58. The van der Waals surface area contributed by atoms with Crippen molar-refractivity contribution in [1.29, 1.82) is 5.26 Å². The Hall–Kier alpha value is -2.88. The van der Waals surface area contributed by atoms with Gasteiger partial charge in [-0.15, -0.1) is 13.2 Å². The Kier molecular flexibility index (Phi) is 3.52. The highest BCUT2D eigenvalue weighted by atomic mass is 19.4. The summed E-state index contributed by atoms with van der Waals surface area (Å²) in [4.78, 5) is 0. The standard InChI is InChI=1S/C16H11F3N2O2/c17-16(18,19)23-10-3-1-9(2-4-10)12-7-14(21)13(8-20)11-5-6-22-15(11)12/h1-4,7H,5-6,21H2. The maximum Gasteiger partial charge on any atom is 0.573 e. The van der Waals surface area contributed by atoms with Gasteiger partial charge in [0.05, 0.1) is 17.9 Å². The van der Waals surface area contributed by atoms with Crippen LogP contribution in [0, 0.1) is 11.3 Å². The van der Waals surface area contributed by atoms with E-state index in [9.17, 15) is 18.4 Å². The molecule has 0 saturated heterocycles. The second-order valence-corrected chi connectivity index (χ2v) is 4.98. The van der Waals surface area contributed by atoms with Gasteiger partial charge in [0, 0.05) is 17.5 Å². The third kappa shape index (κ3) is 2.88. The predicted octanol–water partition coefficient (Wildman–Crippen LogP) is 3.64. The smallest absolute Gasteiger partial charge is 0.492 e. The zero-order valence-electron chi connectivity index (χ0n) is 11.8. The molecule has 3 rings (SSSR count). The molecule has 7 heteroatoms. The molecule has 2 aromatic carbocycles. The lowest BCUT2D eigenvalue weighted by atomic mass is 9.96. The molecule has 2 N–H and O–H groups in total. The molecule has 0 aliphatic carbocycles. The minimum absolute atomic E-state index is 0.305. The van der Waals surface area contributed by atoms with E-state index in [1.54, 1.807) is 6.07 Å². The van der Waals surface area contributed by atoms with Gasteiger partial charge in [-0.25, -0.2) is 0 Å². The number of benzene rings is 2. The van der Waals surface area contributed by atoms with Gasteiger partial charge in [0.25, 0.3) is 0 Å². The Morgan fingerprint density at radius 1 is 1.22 bits per heavy atom. The number of ether oxygens (including phenoxy) is 2. The molecule has 0 radical (unpaired) electrons. The maximum absolute atomic E-state index is 12.2. The number of alkyl halides is 3. The van der Waals surface area contributed by atoms with Gasteiger partial charge >= 0.3 is 6.36 Å². The average molecular weight is 320 g/mol. The molecule has 0 unspecified atom stereocenters. The van der Waals surface area contributed by atoms with E-state index in [0.717, 1.165) is 5.56 Å². The van der Waals surface area contributed by atoms with E-state index in [0.29, 0.717) is 41.2 Å². The molecule has 23 heavy (non-hydrogen) atoms. The zero-order valence-corrected chi connectivity index (χ0v) is 11.8. The highest BCUT2D eigenvalue weighted by Gasteiger charge is 2.31. The van der Waals surface area contributed by atoms with Crippen LogP contribution in [0.25, 0.3) is 11.1 Å². The molecule has 1 aliphatic heterocycles. The lowest BCUT2D eigenvalue weighted by Gasteiger charge is -2.13. The molecule has 1 heterocycles. The van der Waals surface area contributed by atoms with Crippen molar-refractivity contribution in [2.75, 3.05) is 12.3 Å². The Bertz CT molecular complexity index is 793. The number of rotatable bonds is 2. The molecule has 0 spiro atoms. The number of hydrogen-bond donors (Lipinski definition) is 1. The van der Waals surface area contributed by atoms with Crippen LogP contribution in [0.1, 0.15) is 11.1 Å². The third-order valence-electron chi connectivity index (χ3n) is 3.52. The molecule has 2 aromatic rings. The highest BCUT2D eigenvalue weighted by Crippen LogP contribution is 2.41. The quantitative estimate of drug-likeness (QED) is 0.858. The molecular formula is C16H11F3N2O2. The van der Waals surface area contributed by atoms with Crippen molar-refractivity contribution >= 4 is 5.69 Å². The van der Waals surface area contributed by atoms with Crippen LogP contribution >= 0.6 is 0 Å². The second-order valence-electron chi connectivity index (χ2n) is 4.98. The fraction of sp³-hybridized carbons (Fsp3) is 0.188. The van der Waals surface area contributed by atoms with Gasteiger partial charge in [0.2, 0.25) is 0 Å². The van der Waals surface area contributed by atoms with Crippen LogP contribution in [-0.4, -0.2) is 13.0 Å². The second kappa shape index (κ2) is 5.39. The maximum atomic E-state index is 12.2. The van der Waals surface area contributed by atoms with Gasteiger partial charge in [-0.3, -0.25) is 0 Å². The highest BCUT2D eigenvalue weighted by molar-refractivity contribution is 5.80. The summed E-state index contributed by atoms with van der Waals surface area (Å²) in [5, 5.41) is 9.18. The molecule has 0 saturated carbocycles. The van der Waals surface area contributed by atoms with Gasteiger partial charge in [-0.1, -0.05) is 12.1 Å². The van der Waals surface area contributed by atoms with Gasteiger partial charge in [-0.05, 0) is 23.8 Å². The van der Waals surface area contributed by atoms with Gasteiger partial charge in [-0.2, -0.15) is 5.26 Å². The van der Waals surface area contributed by atoms with E-state index in [1.165, 1.54) is 24.3 Å². The number of fused-ring (bicyclic) bond motifs is 1. The van der Waals surface area contributed by atoms with Crippen molar-refractivity contribution in [2.24, 2.45) is 0 Å². The number of nitrogen functional groups attached to an aromatic ring is 1. The van der Waals surface area contributed by atoms with Crippen molar-refractivity contribution in [3.05, 3.63) is 41.5 Å². The van der Waals surface area contributed by atoms with Crippen molar-refractivity contribution in [3.63, 3.8) is 0 Å². The summed E-state index contributed by atoms with van der Waals surface area (Å²) in [6.07, 6.45) is -4.16. The van der Waals surface area contributed by atoms with Crippen molar-refractivity contribution < 1.29 is 22.6 Å². The first-order valence-electron chi connectivity index (χ1n) is 6.73. The molecule has 118 valence electrons. The summed E-state index contributed by atoms with van der Waals surface area (Å²) in [5.74, 6) is 0.251. The topological polar surface area (TPSA) is 68.3 Å². The van der Waals surface area contributed by atoms with Crippen LogP contribution in [0.15, 0.2) is 30.3 Å². The van der Waals surface area contributed by atoms with Gasteiger partial charge < -0.3 is 15.2 Å². The predicted molar refractivity (Wildman–Crippen MR) is 76.9 cm³/mol. The van der Waals surface area contributed by atoms with E-state index in [1.807, 2.05) is 0 Å². The van der Waals surface area contributed by atoms with Crippen molar-refractivity contribution in [1.82, 2.24) is 0 Å². The van der Waals surface area contributed by atoms with Crippen molar-refractivity contribution in [3.8, 4) is 28.7 Å². The third-order valence-corrected chi connectivity index (χ3v) is 3.52. The molecule has 0 bridgehead atoms. The molecule has 0 aromatic heterocycles. The SMILES string of the molecule is N#Cc1c(N)cc(-c2ccc(OC(F)(F)F)cc2)c2c1CCO2. The number of nitrogens with two attached hydrogens (primary N) is 1. The van der Waals surface area contributed by atoms with E-state index in [4.69, 9.17) is 10.5 Å². The molecule has 4 nitrogen and oxygen atoms in total. The van der Waals surface area contributed by atoms with Crippen LogP contribution in [-0.2, 0) is 6.42 Å². The largest absolute Gasteiger partial charge is 0.573 e. The molecule has 0 fully saturated rings. The summed E-state index contributed by atoms with van der Waals surface area (Å²) >= 11 is 0. The minimum Gasteiger partial charge on any atom is -0.492 e.